The Morgan fingerprint density at radius 2 is 2.14 bits per heavy atom. The Bertz CT molecular complexity index is 1190. The van der Waals surface area contributed by atoms with Crippen molar-refractivity contribution in [2.45, 2.75) is 57.0 Å². The van der Waals surface area contributed by atoms with Crippen molar-refractivity contribution in [1.82, 2.24) is 20.5 Å². The van der Waals surface area contributed by atoms with Gasteiger partial charge in [0, 0.05) is 29.9 Å². The number of aromatic nitrogens is 1. The molecule has 1 aromatic heterocycles. The number of hydrogen-bond donors (Lipinski definition) is 3. The van der Waals surface area contributed by atoms with E-state index >= 15 is 0 Å². The quantitative estimate of drug-likeness (QED) is 0.589. The molecule has 1 spiro atoms. The molecule has 9 heteroatoms. The van der Waals surface area contributed by atoms with E-state index in [0.717, 1.165) is 36.6 Å². The summed E-state index contributed by atoms with van der Waals surface area (Å²) in [5.74, 6) is -0.217. The zero-order chi connectivity index (χ0) is 24.6. The zero-order valence-corrected chi connectivity index (χ0v) is 19.9. The van der Waals surface area contributed by atoms with Gasteiger partial charge in [-0.15, -0.1) is 0 Å². The second-order valence-corrected chi connectivity index (χ2v) is 10.2. The molecule has 2 aliphatic heterocycles. The van der Waals surface area contributed by atoms with E-state index in [-0.39, 0.29) is 35.5 Å². The molecule has 5 rings (SSSR count). The van der Waals surface area contributed by atoms with E-state index < -0.39 is 12.1 Å². The largest absolute Gasteiger partial charge is 0.496 e. The maximum Gasteiger partial charge on any atom is 0.271 e. The highest BCUT2D eigenvalue weighted by Crippen LogP contribution is 2.48. The number of carbonyl (C=O) groups excluding carboxylic acids is 3. The lowest BCUT2D eigenvalue weighted by atomic mass is 9.84. The van der Waals surface area contributed by atoms with E-state index in [9.17, 15) is 19.6 Å². The first-order valence-electron chi connectivity index (χ1n) is 12.4. The average Bonchev–Trinajstić information content (AvgIpc) is 3.65. The number of benzene rings is 1. The van der Waals surface area contributed by atoms with E-state index in [4.69, 9.17) is 4.74 Å². The zero-order valence-electron chi connectivity index (χ0n) is 19.9. The summed E-state index contributed by atoms with van der Waals surface area (Å²) in [6.45, 7) is 1.12. The van der Waals surface area contributed by atoms with Gasteiger partial charge in [0.1, 0.15) is 23.5 Å². The molecule has 3 N–H and O–H groups in total. The summed E-state index contributed by atoms with van der Waals surface area (Å²) >= 11 is 0. The van der Waals surface area contributed by atoms with Gasteiger partial charge in [0.2, 0.25) is 11.8 Å². The molecule has 0 bridgehead atoms. The molecule has 3 heterocycles. The fourth-order valence-electron chi connectivity index (χ4n) is 6.13. The number of methoxy groups -OCH3 is 1. The van der Waals surface area contributed by atoms with Crippen LogP contribution in [0.5, 0.6) is 5.75 Å². The first kappa shape index (κ1) is 23.2. The van der Waals surface area contributed by atoms with Crippen LogP contribution in [0.3, 0.4) is 0 Å². The molecule has 184 valence electrons. The molecule has 35 heavy (non-hydrogen) atoms. The van der Waals surface area contributed by atoms with Gasteiger partial charge in [0.25, 0.3) is 5.91 Å². The minimum atomic E-state index is -0.772. The molecule has 1 aromatic carbocycles. The van der Waals surface area contributed by atoms with Crippen molar-refractivity contribution in [1.29, 1.82) is 5.26 Å². The second-order valence-electron chi connectivity index (χ2n) is 10.2. The Morgan fingerprint density at radius 1 is 1.34 bits per heavy atom. The van der Waals surface area contributed by atoms with Crippen molar-refractivity contribution in [3.63, 3.8) is 0 Å². The van der Waals surface area contributed by atoms with E-state index in [1.807, 2.05) is 18.2 Å². The minimum Gasteiger partial charge on any atom is -0.496 e. The number of amides is 3. The lowest BCUT2D eigenvalue weighted by molar-refractivity contribution is -0.126. The maximum atomic E-state index is 13.7. The summed E-state index contributed by atoms with van der Waals surface area (Å²) < 4.78 is 5.43. The van der Waals surface area contributed by atoms with E-state index in [1.54, 1.807) is 18.1 Å². The molecule has 2 aromatic rings. The summed E-state index contributed by atoms with van der Waals surface area (Å²) in [6.07, 6.45) is 5.71. The predicted molar refractivity (Wildman–Crippen MR) is 128 cm³/mol. The molecule has 3 amide bonds. The number of nitriles is 1. The molecule has 0 radical (unpaired) electrons. The van der Waals surface area contributed by atoms with Gasteiger partial charge in [0.15, 0.2) is 0 Å². The van der Waals surface area contributed by atoms with Gasteiger partial charge in [-0.1, -0.05) is 18.9 Å². The number of nitrogens with one attached hydrogen (secondary N) is 3. The SMILES string of the molecule is COc1cccc2[nH]c(C(=O)N3CC4(CCCC4)C[C@H]3C(=O)NC(C#N)C[C@@H]3CCNC3=O)cc12. The smallest absolute Gasteiger partial charge is 0.271 e. The highest BCUT2D eigenvalue weighted by atomic mass is 16.5. The first-order chi connectivity index (χ1) is 16.9. The monoisotopic (exact) mass is 477 g/mol. The Kier molecular flexibility index (Phi) is 6.13. The van der Waals surface area contributed by atoms with Crippen LogP contribution in [0.15, 0.2) is 24.3 Å². The number of H-pyrrole nitrogens is 1. The van der Waals surface area contributed by atoms with Crippen LogP contribution in [0.1, 0.15) is 55.4 Å². The van der Waals surface area contributed by atoms with Gasteiger partial charge in [-0.05, 0) is 55.7 Å². The fourth-order valence-corrected chi connectivity index (χ4v) is 6.13. The van der Waals surface area contributed by atoms with Crippen LogP contribution in [0, 0.1) is 22.7 Å². The van der Waals surface area contributed by atoms with Gasteiger partial charge in [0.05, 0.1) is 13.2 Å². The minimum absolute atomic E-state index is 0.0607. The number of rotatable bonds is 6. The normalized spacial score (nSPS) is 23.9. The molecule has 3 fully saturated rings. The summed E-state index contributed by atoms with van der Waals surface area (Å²) in [4.78, 5) is 44.0. The Hall–Kier alpha value is -3.54. The third-order valence-electron chi connectivity index (χ3n) is 7.97. The molecule has 3 atom stereocenters. The van der Waals surface area contributed by atoms with Crippen LogP contribution in [-0.2, 0) is 9.59 Å². The molecule has 1 unspecified atom stereocenters. The van der Waals surface area contributed by atoms with Gasteiger partial charge < -0.3 is 25.3 Å². The van der Waals surface area contributed by atoms with E-state index in [1.165, 1.54) is 0 Å². The number of likely N-dealkylation sites (tertiary alicyclic amines) is 1. The van der Waals surface area contributed by atoms with Crippen molar-refractivity contribution in [2.75, 3.05) is 20.2 Å². The van der Waals surface area contributed by atoms with Crippen LogP contribution in [0.25, 0.3) is 10.9 Å². The second kappa shape index (κ2) is 9.25. The maximum absolute atomic E-state index is 13.7. The number of fused-ring (bicyclic) bond motifs is 1. The predicted octanol–water partition coefficient (Wildman–Crippen LogP) is 2.49. The van der Waals surface area contributed by atoms with Crippen LogP contribution in [-0.4, -0.2) is 59.9 Å². The van der Waals surface area contributed by atoms with Gasteiger partial charge in [-0.25, -0.2) is 0 Å². The molecular weight excluding hydrogens is 446 g/mol. The van der Waals surface area contributed by atoms with E-state index in [2.05, 4.69) is 21.7 Å². The molecule has 1 aliphatic carbocycles. The van der Waals surface area contributed by atoms with Crippen LogP contribution >= 0.6 is 0 Å². The molecular formula is C26H31N5O4. The summed E-state index contributed by atoms with van der Waals surface area (Å²) in [5, 5.41) is 16.1. The summed E-state index contributed by atoms with van der Waals surface area (Å²) in [6, 6.07) is 8.08. The van der Waals surface area contributed by atoms with Crippen molar-refractivity contribution in [3.05, 3.63) is 30.0 Å². The highest BCUT2D eigenvalue weighted by Gasteiger charge is 2.50. The number of aromatic amines is 1. The van der Waals surface area contributed by atoms with Crippen LogP contribution in [0.2, 0.25) is 0 Å². The Balaban J connectivity index is 1.38. The Morgan fingerprint density at radius 3 is 2.83 bits per heavy atom. The number of carbonyl (C=O) groups is 3. The van der Waals surface area contributed by atoms with E-state index in [0.29, 0.717) is 37.4 Å². The molecule has 1 saturated carbocycles. The van der Waals surface area contributed by atoms with Gasteiger partial charge in [-0.3, -0.25) is 14.4 Å². The molecule has 3 aliphatic rings. The lowest BCUT2D eigenvalue weighted by Gasteiger charge is -2.25. The van der Waals surface area contributed by atoms with Crippen molar-refractivity contribution in [2.24, 2.45) is 11.3 Å². The van der Waals surface area contributed by atoms with Crippen LogP contribution < -0.4 is 15.4 Å². The van der Waals surface area contributed by atoms with Gasteiger partial charge >= 0.3 is 0 Å². The number of nitrogens with zero attached hydrogens (tertiary/aromatic N) is 2. The summed E-state index contributed by atoms with van der Waals surface area (Å²) in [7, 11) is 1.59. The van der Waals surface area contributed by atoms with Gasteiger partial charge in [-0.2, -0.15) is 5.26 Å². The van der Waals surface area contributed by atoms with Crippen LogP contribution in [0.4, 0.5) is 0 Å². The average molecular weight is 478 g/mol. The van der Waals surface area contributed by atoms with Crippen molar-refractivity contribution < 1.29 is 19.1 Å². The lowest BCUT2D eigenvalue weighted by Crippen LogP contribution is -2.49. The molecule has 2 saturated heterocycles. The number of ether oxygens (including phenoxy) is 1. The standard InChI is InChI=1S/C26H31N5O4/c1-35-22-6-4-5-19-18(22)12-20(30-19)25(34)31-15-26(8-2-3-9-26)13-21(31)24(33)29-17(14-27)11-16-7-10-28-23(16)32/h4-6,12,16-17,21,30H,2-3,7-11,13,15H2,1H3,(H,28,32)(H,29,33)/t16-,17?,21-/m0/s1. The highest BCUT2D eigenvalue weighted by molar-refractivity contribution is 6.02. The first-order valence-corrected chi connectivity index (χ1v) is 12.4. The fraction of sp³-hybridized carbons (Fsp3) is 0.538. The third kappa shape index (κ3) is 4.33. The van der Waals surface area contributed by atoms with Crippen molar-refractivity contribution in [3.8, 4) is 11.8 Å². The summed E-state index contributed by atoms with van der Waals surface area (Å²) in [5.41, 5.74) is 1.15. The Labute approximate surface area is 204 Å². The number of hydrogen-bond acceptors (Lipinski definition) is 5. The topological polar surface area (TPSA) is 127 Å². The third-order valence-corrected chi connectivity index (χ3v) is 7.97. The molecule has 9 nitrogen and oxygen atoms in total. The van der Waals surface area contributed by atoms with Crippen molar-refractivity contribution >= 4 is 28.6 Å².